The lowest BCUT2D eigenvalue weighted by atomic mass is 10.0. The molecule has 1 fully saturated rings. The molecule has 0 bridgehead atoms. The van der Waals surface area contributed by atoms with Crippen LogP contribution in [-0.2, 0) is 30.4 Å². The number of carboxylic acid groups (broad SMARTS) is 1. The number of carbonyl (C=O) groups is 5. The molecule has 150 valence electrons. The van der Waals surface area contributed by atoms with Gasteiger partial charge in [0.2, 0.25) is 23.6 Å². The van der Waals surface area contributed by atoms with E-state index in [1.165, 1.54) is 0 Å². The maximum atomic E-state index is 12.5. The van der Waals surface area contributed by atoms with E-state index in [2.05, 4.69) is 16.0 Å². The maximum Gasteiger partial charge on any atom is 0.326 e. The molecule has 10 nitrogen and oxygen atoms in total. The standard InChI is InChI=1S/C18H22N4O6/c19-14(23)9-12(21-16(25)11-6-7-15(24)20-11)17(26)22-13(18(27)28)8-10-4-2-1-3-5-10/h1-5,11-13H,6-9H2,(H2,19,23)(H,20,24)(H,21,25)(H,22,26)(H,27,28)/t11-,12-,13-/m0/s1. The average Bonchev–Trinajstić information content (AvgIpc) is 3.07. The highest BCUT2D eigenvalue weighted by Gasteiger charge is 2.32. The summed E-state index contributed by atoms with van der Waals surface area (Å²) in [5.41, 5.74) is 5.83. The predicted octanol–water partition coefficient (Wildman–Crippen LogP) is -1.56. The van der Waals surface area contributed by atoms with Crippen molar-refractivity contribution in [2.75, 3.05) is 0 Å². The van der Waals surface area contributed by atoms with Crippen molar-refractivity contribution in [3.63, 3.8) is 0 Å². The van der Waals surface area contributed by atoms with E-state index in [0.717, 1.165) is 0 Å². The van der Waals surface area contributed by atoms with Gasteiger partial charge >= 0.3 is 5.97 Å². The van der Waals surface area contributed by atoms with Crippen molar-refractivity contribution in [2.24, 2.45) is 5.73 Å². The summed E-state index contributed by atoms with van der Waals surface area (Å²) in [6.45, 7) is 0. The molecule has 0 unspecified atom stereocenters. The lowest BCUT2D eigenvalue weighted by molar-refractivity contribution is -0.142. The summed E-state index contributed by atoms with van der Waals surface area (Å²) in [6.07, 6.45) is -0.0297. The zero-order valence-electron chi connectivity index (χ0n) is 15.0. The Bertz CT molecular complexity index is 767. The van der Waals surface area contributed by atoms with Crippen LogP contribution in [0.4, 0.5) is 0 Å². The first-order valence-corrected chi connectivity index (χ1v) is 8.71. The highest BCUT2D eigenvalue weighted by molar-refractivity contribution is 5.96. The molecular weight excluding hydrogens is 368 g/mol. The molecule has 0 spiro atoms. The van der Waals surface area contributed by atoms with E-state index in [4.69, 9.17) is 5.73 Å². The Morgan fingerprint density at radius 3 is 2.36 bits per heavy atom. The summed E-state index contributed by atoms with van der Waals surface area (Å²) in [5.74, 6) is -3.87. The van der Waals surface area contributed by atoms with E-state index in [1.54, 1.807) is 30.3 Å². The van der Waals surface area contributed by atoms with Gasteiger partial charge in [0.25, 0.3) is 0 Å². The lowest BCUT2D eigenvalue weighted by Crippen LogP contribution is -2.55. The van der Waals surface area contributed by atoms with Gasteiger partial charge in [-0.25, -0.2) is 4.79 Å². The molecule has 1 saturated heterocycles. The smallest absolute Gasteiger partial charge is 0.326 e. The number of rotatable bonds is 9. The Kier molecular flexibility index (Phi) is 7.08. The molecule has 4 amide bonds. The third-order valence-corrected chi connectivity index (χ3v) is 4.25. The number of amides is 4. The second-order valence-electron chi connectivity index (χ2n) is 6.48. The minimum atomic E-state index is -1.35. The highest BCUT2D eigenvalue weighted by atomic mass is 16.4. The average molecular weight is 390 g/mol. The van der Waals surface area contributed by atoms with E-state index < -0.39 is 48.2 Å². The summed E-state index contributed by atoms with van der Waals surface area (Å²) in [4.78, 5) is 58.8. The molecule has 0 saturated carbocycles. The zero-order valence-corrected chi connectivity index (χ0v) is 15.0. The Labute approximate surface area is 160 Å². The topological polar surface area (TPSA) is 168 Å². The predicted molar refractivity (Wildman–Crippen MR) is 96.6 cm³/mol. The van der Waals surface area contributed by atoms with E-state index in [1.807, 2.05) is 0 Å². The number of primary amides is 1. The zero-order chi connectivity index (χ0) is 20.7. The van der Waals surface area contributed by atoms with Gasteiger partial charge in [0, 0.05) is 12.8 Å². The van der Waals surface area contributed by atoms with Crippen LogP contribution in [-0.4, -0.2) is 52.8 Å². The van der Waals surface area contributed by atoms with Crippen LogP contribution in [0.25, 0.3) is 0 Å². The van der Waals surface area contributed by atoms with Crippen molar-refractivity contribution < 1.29 is 29.1 Å². The molecule has 1 heterocycles. The van der Waals surface area contributed by atoms with Crippen molar-refractivity contribution in [1.82, 2.24) is 16.0 Å². The molecule has 0 aliphatic carbocycles. The fourth-order valence-corrected chi connectivity index (χ4v) is 2.82. The van der Waals surface area contributed by atoms with Gasteiger partial charge in [-0.2, -0.15) is 0 Å². The summed E-state index contributed by atoms with van der Waals surface area (Å²) >= 11 is 0. The SMILES string of the molecule is NC(=O)C[C@H](NC(=O)[C@@H]1CCC(=O)N1)C(=O)N[C@@H](Cc1ccccc1)C(=O)O. The summed E-state index contributed by atoms with van der Waals surface area (Å²) < 4.78 is 0. The van der Waals surface area contributed by atoms with Crippen LogP contribution in [0.15, 0.2) is 30.3 Å². The van der Waals surface area contributed by atoms with Gasteiger partial charge in [-0.3, -0.25) is 19.2 Å². The number of nitrogens with one attached hydrogen (secondary N) is 3. The molecule has 3 atom stereocenters. The third-order valence-electron chi connectivity index (χ3n) is 4.25. The molecule has 1 aromatic carbocycles. The molecule has 1 aliphatic heterocycles. The van der Waals surface area contributed by atoms with Crippen molar-refractivity contribution >= 4 is 29.6 Å². The lowest BCUT2D eigenvalue weighted by Gasteiger charge is -2.22. The number of carboxylic acids is 1. The van der Waals surface area contributed by atoms with Crippen LogP contribution >= 0.6 is 0 Å². The fraction of sp³-hybridized carbons (Fsp3) is 0.389. The number of hydrogen-bond donors (Lipinski definition) is 5. The normalized spacial score (nSPS) is 17.9. The van der Waals surface area contributed by atoms with Gasteiger partial charge in [-0.1, -0.05) is 30.3 Å². The molecule has 2 rings (SSSR count). The second-order valence-corrected chi connectivity index (χ2v) is 6.48. The Hall–Kier alpha value is -3.43. The first kappa shape index (κ1) is 20.9. The maximum absolute atomic E-state index is 12.5. The third kappa shape index (κ3) is 6.08. The molecular formula is C18H22N4O6. The van der Waals surface area contributed by atoms with Crippen LogP contribution < -0.4 is 21.7 Å². The summed E-state index contributed by atoms with van der Waals surface area (Å²) in [5, 5.41) is 16.5. The molecule has 1 aromatic rings. The monoisotopic (exact) mass is 390 g/mol. The quantitative estimate of drug-likeness (QED) is 0.342. The molecule has 6 N–H and O–H groups in total. The van der Waals surface area contributed by atoms with Crippen LogP contribution in [0.2, 0.25) is 0 Å². The van der Waals surface area contributed by atoms with Crippen LogP contribution in [0, 0.1) is 0 Å². The number of carbonyl (C=O) groups excluding carboxylic acids is 4. The molecule has 10 heteroatoms. The number of benzene rings is 1. The Morgan fingerprint density at radius 2 is 1.82 bits per heavy atom. The van der Waals surface area contributed by atoms with Gasteiger partial charge in [-0.15, -0.1) is 0 Å². The van der Waals surface area contributed by atoms with Gasteiger partial charge in [0.1, 0.15) is 18.1 Å². The van der Waals surface area contributed by atoms with Crippen molar-refractivity contribution in [3.8, 4) is 0 Å². The highest BCUT2D eigenvalue weighted by Crippen LogP contribution is 2.08. The van der Waals surface area contributed by atoms with E-state index in [0.29, 0.717) is 5.56 Å². The van der Waals surface area contributed by atoms with Crippen molar-refractivity contribution in [1.29, 1.82) is 0 Å². The molecule has 0 aromatic heterocycles. The van der Waals surface area contributed by atoms with Crippen molar-refractivity contribution in [3.05, 3.63) is 35.9 Å². The van der Waals surface area contributed by atoms with E-state index in [9.17, 15) is 29.1 Å². The van der Waals surface area contributed by atoms with E-state index >= 15 is 0 Å². The Morgan fingerprint density at radius 1 is 1.14 bits per heavy atom. The van der Waals surface area contributed by atoms with Gasteiger partial charge in [-0.05, 0) is 12.0 Å². The first-order chi connectivity index (χ1) is 13.3. The largest absolute Gasteiger partial charge is 0.480 e. The second kappa shape index (κ2) is 9.49. The van der Waals surface area contributed by atoms with Crippen LogP contribution in [0.1, 0.15) is 24.8 Å². The minimum Gasteiger partial charge on any atom is -0.480 e. The Balaban J connectivity index is 2.05. The van der Waals surface area contributed by atoms with Crippen LogP contribution in [0.3, 0.4) is 0 Å². The number of aliphatic carboxylic acids is 1. The van der Waals surface area contributed by atoms with Gasteiger partial charge in [0.05, 0.1) is 6.42 Å². The van der Waals surface area contributed by atoms with E-state index in [-0.39, 0.29) is 25.2 Å². The molecule has 0 radical (unpaired) electrons. The fourth-order valence-electron chi connectivity index (χ4n) is 2.82. The van der Waals surface area contributed by atoms with Gasteiger partial charge in [0.15, 0.2) is 0 Å². The minimum absolute atomic E-state index is 0.0256. The van der Waals surface area contributed by atoms with Crippen LogP contribution in [0.5, 0.6) is 0 Å². The number of nitrogens with two attached hydrogens (primary N) is 1. The summed E-state index contributed by atoms with van der Waals surface area (Å²) in [7, 11) is 0. The molecule has 28 heavy (non-hydrogen) atoms. The van der Waals surface area contributed by atoms with Gasteiger partial charge < -0.3 is 26.8 Å². The molecule has 1 aliphatic rings. The van der Waals surface area contributed by atoms with Crippen molar-refractivity contribution in [2.45, 2.75) is 43.8 Å². The first-order valence-electron chi connectivity index (χ1n) is 8.71. The number of hydrogen-bond acceptors (Lipinski definition) is 5. The summed E-state index contributed by atoms with van der Waals surface area (Å²) in [6, 6.07) is 5.27.